The van der Waals surface area contributed by atoms with Gasteiger partial charge in [0.25, 0.3) is 5.91 Å². The first-order valence-electron chi connectivity index (χ1n) is 9.64. The van der Waals surface area contributed by atoms with Crippen LogP contribution in [0.5, 0.6) is 0 Å². The minimum Gasteiger partial charge on any atom is -0.368 e. The zero-order valence-electron chi connectivity index (χ0n) is 15.8. The molecule has 2 heterocycles. The van der Waals surface area contributed by atoms with Crippen molar-refractivity contribution in [3.8, 4) is 0 Å². The summed E-state index contributed by atoms with van der Waals surface area (Å²) in [5.41, 5.74) is 1.24. The number of thiophene rings is 1. The van der Waals surface area contributed by atoms with Crippen LogP contribution in [0.25, 0.3) is 0 Å². The zero-order chi connectivity index (χ0) is 19.9. The number of hydrogen-bond donors (Lipinski definition) is 0. The second-order valence-corrected chi connectivity index (χ2v) is 8.87. The van der Waals surface area contributed by atoms with Gasteiger partial charge in [0.15, 0.2) is 0 Å². The highest BCUT2D eigenvalue weighted by molar-refractivity contribution is 7.14. The summed E-state index contributed by atoms with van der Waals surface area (Å²) in [6.07, 6.45) is -1.07. The molecule has 1 aliphatic carbocycles. The van der Waals surface area contributed by atoms with E-state index in [2.05, 4.69) is 13.0 Å². The average molecular weight is 408 g/mol. The molecule has 1 amide bonds. The van der Waals surface area contributed by atoms with Gasteiger partial charge in [-0.3, -0.25) is 4.79 Å². The van der Waals surface area contributed by atoms with E-state index in [1.807, 2.05) is 9.80 Å². The lowest BCUT2D eigenvalue weighted by atomic mass is 9.90. The van der Waals surface area contributed by atoms with Gasteiger partial charge in [0.05, 0.1) is 10.4 Å². The Labute approximate surface area is 166 Å². The number of rotatable bonds is 2. The normalized spacial score (nSPS) is 20.2. The van der Waals surface area contributed by atoms with Gasteiger partial charge >= 0.3 is 6.18 Å². The lowest BCUT2D eigenvalue weighted by Gasteiger charge is -2.36. The van der Waals surface area contributed by atoms with Gasteiger partial charge < -0.3 is 9.80 Å². The number of amides is 1. The molecule has 0 saturated carbocycles. The Kier molecular flexibility index (Phi) is 5.12. The molecule has 0 spiro atoms. The molecule has 1 aromatic carbocycles. The van der Waals surface area contributed by atoms with Gasteiger partial charge in [0.2, 0.25) is 0 Å². The van der Waals surface area contributed by atoms with Crippen LogP contribution in [-0.2, 0) is 19.0 Å². The van der Waals surface area contributed by atoms with E-state index in [9.17, 15) is 18.0 Å². The first-order valence-corrected chi connectivity index (χ1v) is 10.5. The third kappa shape index (κ3) is 3.90. The number of fused-ring (bicyclic) bond motifs is 1. The minimum absolute atomic E-state index is 0.0516. The fourth-order valence-electron chi connectivity index (χ4n) is 4.01. The summed E-state index contributed by atoms with van der Waals surface area (Å²) in [6.45, 7) is 4.36. The molecule has 1 aromatic heterocycles. The average Bonchev–Trinajstić information content (AvgIpc) is 3.10. The lowest BCUT2D eigenvalue weighted by molar-refractivity contribution is -0.137. The number of alkyl halides is 3. The van der Waals surface area contributed by atoms with Crippen molar-refractivity contribution in [1.29, 1.82) is 0 Å². The standard InChI is InChI=1S/C21H23F3N2OS/c1-14-5-6-18-15(11-14)12-19(28-18)20(27)26-9-7-25(8-10-26)17-4-2-3-16(13-17)21(22,23)24/h2-4,12-14H,5-11H2,1H3/t14-/m1/s1. The van der Waals surface area contributed by atoms with E-state index in [0.717, 1.165) is 23.8 Å². The molecule has 0 N–H and O–H groups in total. The van der Waals surface area contributed by atoms with Crippen molar-refractivity contribution < 1.29 is 18.0 Å². The van der Waals surface area contributed by atoms with Crippen LogP contribution in [0.15, 0.2) is 30.3 Å². The Morgan fingerprint density at radius 2 is 1.89 bits per heavy atom. The highest BCUT2D eigenvalue weighted by Crippen LogP contribution is 2.34. The second kappa shape index (κ2) is 7.43. The van der Waals surface area contributed by atoms with Gasteiger partial charge in [-0.2, -0.15) is 13.2 Å². The number of aryl methyl sites for hydroxylation is 1. The van der Waals surface area contributed by atoms with Gasteiger partial charge in [-0.25, -0.2) is 0 Å². The molecule has 1 saturated heterocycles. The molecule has 2 aromatic rings. The van der Waals surface area contributed by atoms with Gasteiger partial charge in [0.1, 0.15) is 0 Å². The topological polar surface area (TPSA) is 23.6 Å². The Morgan fingerprint density at radius 3 is 2.61 bits per heavy atom. The minimum atomic E-state index is -4.34. The summed E-state index contributed by atoms with van der Waals surface area (Å²) in [5.74, 6) is 0.719. The van der Waals surface area contributed by atoms with E-state index in [1.54, 1.807) is 17.4 Å². The van der Waals surface area contributed by atoms with Gasteiger partial charge in [-0.15, -0.1) is 11.3 Å². The zero-order valence-corrected chi connectivity index (χ0v) is 16.6. The third-order valence-electron chi connectivity index (χ3n) is 5.65. The Hall–Kier alpha value is -2.02. The Morgan fingerprint density at radius 1 is 1.14 bits per heavy atom. The number of anilines is 1. The molecule has 28 heavy (non-hydrogen) atoms. The van der Waals surface area contributed by atoms with E-state index in [4.69, 9.17) is 0 Å². The lowest BCUT2D eigenvalue weighted by Crippen LogP contribution is -2.48. The summed E-state index contributed by atoms with van der Waals surface area (Å²) in [7, 11) is 0. The van der Waals surface area contributed by atoms with Crippen LogP contribution in [0.4, 0.5) is 18.9 Å². The number of halogens is 3. The maximum absolute atomic E-state index is 12.9. The number of carbonyl (C=O) groups excluding carboxylic acids is 1. The number of hydrogen-bond acceptors (Lipinski definition) is 3. The monoisotopic (exact) mass is 408 g/mol. The molecular formula is C21H23F3N2OS. The quantitative estimate of drug-likeness (QED) is 0.709. The van der Waals surface area contributed by atoms with Gasteiger partial charge in [0, 0.05) is 36.7 Å². The van der Waals surface area contributed by atoms with Crippen molar-refractivity contribution in [2.45, 2.75) is 32.4 Å². The molecule has 0 unspecified atom stereocenters. The summed E-state index contributed by atoms with van der Waals surface area (Å²) in [6, 6.07) is 7.46. The molecule has 4 rings (SSSR count). The van der Waals surface area contributed by atoms with Crippen molar-refractivity contribution in [1.82, 2.24) is 4.90 Å². The van der Waals surface area contributed by atoms with E-state index in [0.29, 0.717) is 37.8 Å². The van der Waals surface area contributed by atoms with Crippen LogP contribution in [-0.4, -0.2) is 37.0 Å². The first-order chi connectivity index (χ1) is 13.3. The van der Waals surface area contributed by atoms with E-state index in [-0.39, 0.29) is 5.91 Å². The van der Waals surface area contributed by atoms with Crippen LogP contribution in [0.1, 0.15) is 39.0 Å². The summed E-state index contributed by atoms with van der Waals surface area (Å²) < 4.78 is 38.8. The number of nitrogens with zero attached hydrogens (tertiary/aromatic N) is 2. The van der Waals surface area contributed by atoms with Crippen LogP contribution in [0, 0.1) is 5.92 Å². The maximum atomic E-state index is 12.9. The molecule has 7 heteroatoms. The molecule has 3 nitrogen and oxygen atoms in total. The molecule has 0 bridgehead atoms. The smallest absolute Gasteiger partial charge is 0.368 e. The predicted molar refractivity (Wildman–Crippen MR) is 105 cm³/mol. The number of benzene rings is 1. The van der Waals surface area contributed by atoms with Crippen molar-refractivity contribution in [3.05, 3.63) is 51.2 Å². The second-order valence-electron chi connectivity index (χ2n) is 7.73. The molecule has 2 aliphatic rings. The maximum Gasteiger partial charge on any atom is 0.416 e. The van der Waals surface area contributed by atoms with Gasteiger partial charge in [-0.05, 0) is 55.0 Å². The largest absolute Gasteiger partial charge is 0.416 e. The fraction of sp³-hybridized carbons (Fsp3) is 0.476. The molecular weight excluding hydrogens is 385 g/mol. The van der Waals surface area contributed by atoms with Crippen molar-refractivity contribution in [3.63, 3.8) is 0 Å². The van der Waals surface area contributed by atoms with E-state index >= 15 is 0 Å². The van der Waals surface area contributed by atoms with Gasteiger partial charge in [-0.1, -0.05) is 13.0 Å². The molecule has 150 valence electrons. The summed E-state index contributed by atoms with van der Waals surface area (Å²) in [5, 5.41) is 0. The molecule has 1 atom stereocenters. The predicted octanol–water partition coefficient (Wildman–Crippen LogP) is 4.85. The van der Waals surface area contributed by atoms with Crippen molar-refractivity contribution in [2.75, 3.05) is 31.1 Å². The highest BCUT2D eigenvalue weighted by atomic mass is 32.1. The SMILES string of the molecule is C[C@@H]1CCc2sc(C(=O)N3CCN(c4cccc(C(F)(F)F)c4)CC3)cc2C1. The third-order valence-corrected chi connectivity index (χ3v) is 6.87. The molecule has 1 fully saturated rings. The van der Waals surface area contributed by atoms with E-state index < -0.39 is 11.7 Å². The highest BCUT2D eigenvalue weighted by Gasteiger charge is 2.31. The fourth-order valence-corrected chi connectivity index (χ4v) is 5.19. The first kappa shape index (κ1) is 19.3. The Balaban J connectivity index is 1.41. The van der Waals surface area contributed by atoms with Crippen LogP contribution in [0.3, 0.4) is 0 Å². The van der Waals surface area contributed by atoms with Crippen LogP contribution < -0.4 is 4.90 Å². The summed E-state index contributed by atoms with van der Waals surface area (Å²) in [4.78, 5) is 18.8. The van der Waals surface area contributed by atoms with Crippen LogP contribution >= 0.6 is 11.3 Å². The van der Waals surface area contributed by atoms with Crippen LogP contribution in [0.2, 0.25) is 0 Å². The molecule has 1 aliphatic heterocycles. The van der Waals surface area contributed by atoms with Crippen molar-refractivity contribution >= 4 is 22.9 Å². The Bertz CT molecular complexity index is 869. The van der Waals surface area contributed by atoms with E-state index in [1.165, 1.54) is 29.0 Å². The van der Waals surface area contributed by atoms with Crippen molar-refractivity contribution in [2.24, 2.45) is 5.92 Å². The summed E-state index contributed by atoms with van der Waals surface area (Å²) >= 11 is 1.61. The molecule has 0 radical (unpaired) electrons. The number of piperazine rings is 1. The number of carbonyl (C=O) groups is 1.